The third kappa shape index (κ3) is 3.81. The summed E-state index contributed by atoms with van der Waals surface area (Å²) in [5.41, 5.74) is 2.60. The summed E-state index contributed by atoms with van der Waals surface area (Å²) < 4.78 is 0. The fraction of sp³-hybridized carbons (Fsp3) is 0.643. The Morgan fingerprint density at radius 3 is 2.67 bits per heavy atom. The first-order valence-corrected chi connectivity index (χ1v) is 7.37. The Morgan fingerprint density at radius 2 is 2.05 bits per heavy atom. The first kappa shape index (κ1) is 15.5. The number of nitrogens with one attached hydrogen (secondary N) is 1. The number of aromatic nitrogens is 2. The predicted molar refractivity (Wildman–Crippen MR) is 83.0 cm³/mol. The number of amides is 1. The number of anilines is 2. The highest BCUT2D eigenvalue weighted by Gasteiger charge is 2.19. The van der Waals surface area contributed by atoms with Crippen LogP contribution >= 0.6 is 0 Å². The first-order valence-electron chi connectivity index (χ1n) is 7.37. The Labute approximate surface area is 125 Å². The van der Waals surface area contributed by atoms with E-state index < -0.39 is 0 Å². The largest absolute Gasteiger partial charge is 0.355 e. The minimum atomic E-state index is 0.131. The zero-order valence-corrected chi connectivity index (χ0v) is 13.0. The Kier molecular flexibility index (Phi) is 4.95. The molecule has 1 aromatic rings. The molecule has 1 amide bonds. The second kappa shape index (κ2) is 6.71. The van der Waals surface area contributed by atoms with E-state index in [1.54, 1.807) is 6.92 Å². The molecule has 0 radical (unpaired) electrons. The molecule has 0 unspecified atom stereocenters. The number of carbonyl (C=O) groups excluding carboxylic acids is 1. The molecule has 0 spiro atoms. The van der Waals surface area contributed by atoms with E-state index in [9.17, 15) is 4.79 Å². The molecule has 1 saturated heterocycles. The predicted octanol–water partition coefficient (Wildman–Crippen LogP) is 0.944. The lowest BCUT2D eigenvalue weighted by Gasteiger charge is -2.23. The lowest BCUT2D eigenvalue weighted by Crippen LogP contribution is -2.34. The smallest absolute Gasteiger partial charge is 0.219 e. The number of nitrogens with zero attached hydrogens (tertiary/aromatic N) is 4. The molecular weight excluding hydrogens is 268 g/mol. The van der Waals surface area contributed by atoms with E-state index in [0.717, 1.165) is 44.2 Å². The minimum absolute atomic E-state index is 0.131. The maximum Gasteiger partial charge on any atom is 0.219 e. The molecule has 116 valence electrons. The molecule has 0 aromatic carbocycles. The summed E-state index contributed by atoms with van der Waals surface area (Å²) in [6, 6.07) is 1.86. The summed E-state index contributed by atoms with van der Waals surface area (Å²) in [6.07, 6.45) is 0.936. The van der Waals surface area contributed by atoms with Gasteiger partial charge in [-0.2, -0.15) is 0 Å². The van der Waals surface area contributed by atoms with Gasteiger partial charge in [0.05, 0.1) is 0 Å². The van der Waals surface area contributed by atoms with Crippen LogP contribution in [0.2, 0.25) is 0 Å². The molecule has 7 nitrogen and oxygen atoms in total. The second-order valence-corrected chi connectivity index (χ2v) is 5.62. The fourth-order valence-corrected chi connectivity index (χ4v) is 2.41. The number of hydrogen-bond acceptors (Lipinski definition) is 6. The van der Waals surface area contributed by atoms with Crippen molar-refractivity contribution < 1.29 is 4.79 Å². The first-order chi connectivity index (χ1) is 10.0. The highest BCUT2D eigenvalue weighted by molar-refractivity contribution is 5.73. The van der Waals surface area contributed by atoms with Gasteiger partial charge in [0.1, 0.15) is 17.5 Å². The fourth-order valence-electron chi connectivity index (χ4n) is 2.41. The maximum absolute atomic E-state index is 11.5. The molecule has 3 N–H and O–H groups in total. The zero-order chi connectivity index (χ0) is 15.4. The van der Waals surface area contributed by atoms with Crippen LogP contribution in [-0.2, 0) is 4.79 Å². The average molecular weight is 292 g/mol. The summed E-state index contributed by atoms with van der Waals surface area (Å²) in [7, 11) is 0. The van der Waals surface area contributed by atoms with Gasteiger partial charge in [-0.3, -0.25) is 4.79 Å². The van der Waals surface area contributed by atoms with Gasteiger partial charge in [-0.1, -0.05) is 13.8 Å². The Balaban J connectivity index is 2.20. The zero-order valence-electron chi connectivity index (χ0n) is 13.0. The van der Waals surface area contributed by atoms with Crippen molar-refractivity contribution in [2.75, 3.05) is 36.5 Å². The normalized spacial score (nSPS) is 16.0. The third-order valence-electron chi connectivity index (χ3n) is 3.66. The molecule has 1 fully saturated rings. The number of nitrogens with two attached hydrogens (primary N) is 1. The topological polar surface area (TPSA) is 87.4 Å². The van der Waals surface area contributed by atoms with E-state index in [0.29, 0.717) is 5.82 Å². The summed E-state index contributed by atoms with van der Waals surface area (Å²) in [6.45, 7) is 8.91. The molecule has 21 heavy (non-hydrogen) atoms. The van der Waals surface area contributed by atoms with Crippen molar-refractivity contribution in [1.29, 1.82) is 0 Å². The quantitative estimate of drug-likeness (QED) is 0.637. The lowest BCUT2D eigenvalue weighted by molar-refractivity contribution is -0.128. The molecule has 1 aromatic heterocycles. The number of hydrogen-bond donors (Lipinski definition) is 2. The van der Waals surface area contributed by atoms with E-state index in [2.05, 4.69) is 34.1 Å². The van der Waals surface area contributed by atoms with Crippen molar-refractivity contribution in [3.63, 3.8) is 0 Å². The highest BCUT2D eigenvalue weighted by atomic mass is 16.2. The van der Waals surface area contributed by atoms with Gasteiger partial charge < -0.3 is 15.2 Å². The molecule has 2 heterocycles. The van der Waals surface area contributed by atoms with Gasteiger partial charge in [0.2, 0.25) is 5.91 Å². The van der Waals surface area contributed by atoms with Crippen molar-refractivity contribution in [3.05, 3.63) is 11.9 Å². The van der Waals surface area contributed by atoms with E-state index >= 15 is 0 Å². The molecular formula is C14H24N6O. The SMILES string of the molecule is CC(=O)N1CCCN(c2cc(NN)nc(C(C)C)n2)CC1. The standard InChI is InChI=1S/C14H24N6O/c1-10(2)14-16-12(18-15)9-13(17-14)20-6-4-5-19(7-8-20)11(3)21/h9-10H,4-8,15H2,1-3H3,(H,16,17,18). The molecule has 0 bridgehead atoms. The number of hydrazine groups is 1. The molecule has 1 aliphatic rings. The monoisotopic (exact) mass is 292 g/mol. The maximum atomic E-state index is 11.5. The van der Waals surface area contributed by atoms with Gasteiger partial charge in [0.25, 0.3) is 0 Å². The van der Waals surface area contributed by atoms with Gasteiger partial charge in [-0.15, -0.1) is 0 Å². The molecule has 0 atom stereocenters. The van der Waals surface area contributed by atoms with Crippen molar-refractivity contribution in [1.82, 2.24) is 14.9 Å². The summed E-state index contributed by atoms with van der Waals surface area (Å²) in [5.74, 6) is 8.12. The summed E-state index contributed by atoms with van der Waals surface area (Å²) in [4.78, 5) is 24.6. The van der Waals surface area contributed by atoms with Crippen LogP contribution in [0.15, 0.2) is 6.07 Å². The molecule has 0 saturated carbocycles. The number of rotatable bonds is 3. The number of carbonyl (C=O) groups is 1. The summed E-state index contributed by atoms with van der Waals surface area (Å²) in [5, 5.41) is 0. The van der Waals surface area contributed by atoms with E-state index in [4.69, 9.17) is 5.84 Å². The molecule has 7 heteroatoms. The van der Waals surface area contributed by atoms with Crippen molar-refractivity contribution in [2.45, 2.75) is 33.1 Å². The van der Waals surface area contributed by atoms with Gasteiger partial charge in [-0.25, -0.2) is 15.8 Å². The molecule has 1 aliphatic heterocycles. The van der Waals surface area contributed by atoms with E-state index in [-0.39, 0.29) is 11.8 Å². The van der Waals surface area contributed by atoms with Gasteiger partial charge in [0.15, 0.2) is 0 Å². The Hall–Kier alpha value is -1.89. The van der Waals surface area contributed by atoms with Crippen molar-refractivity contribution >= 4 is 17.5 Å². The van der Waals surface area contributed by atoms with Gasteiger partial charge in [-0.05, 0) is 6.42 Å². The number of nitrogen functional groups attached to an aromatic ring is 1. The Morgan fingerprint density at radius 1 is 1.29 bits per heavy atom. The second-order valence-electron chi connectivity index (χ2n) is 5.62. The van der Waals surface area contributed by atoms with Crippen LogP contribution in [0.1, 0.15) is 38.9 Å². The average Bonchev–Trinajstić information content (AvgIpc) is 2.72. The van der Waals surface area contributed by atoms with Crippen molar-refractivity contribution in [3.8, 4) is 0 Å². The van der Waals surface area contributed by atoms with Crippen LogP contribution in [0.5, 0.6) is 0 Å². The van der Waals surface area contributed by atoms with Crippen LogP contribution in [0, 0.1) is 0 Å². The minimum Gasteiger partial charge on any atom is -0.355 e. The van der Waals surface area contributed by atoms with Crippen LogP contribution in [0.4, 0.5) is 11.6 Å². The van der Waals surface area contributed by atoms with Crippen LogP contribution in [-0.4, -0.2) is 47.0 Å². The van der Waals surface area contributed by atoms with Gasteiger partial charge >= 0.3 is 0 Å². The molecule has 0 aliphatic carbocycles. The van der Waals surface area contributed by atoms with Gasteiger partial charge in [0, 0.05) is 45.1 Å². The third-order valence-corrected chi connectivity index (χ3v) is 3.66. The van der Waals surface area contributed by atoms with Crippen molar-refractivity contribution in [2.24, 2.45) is 5.84 Å². The lowest BCUT2D eigenvalue weighted by atomic mass is 10.2. The summed E-state index contributed by atoms with van der Waals surface area (Å²) >= 11 is 0. The van der Waals surface area contributed by atoms with E-state index in [1.807, 2.05) is 11.0 Å². The van der Waals surface area contributed by atoms with Crippen LogP contribution in [0.3, 0.4) is 0 Å². The Bertz CT molecular complexity index is 504. The van der Waals surface area contributed by atoms with E-state index in [1.165, 1.54) is 0 Å². The molecule has 2 rings (SSSR count). The van der Waals surface area contributed by atoms with Crippen LogP contribution < -0.4 is 16.2 Å². The highest BCUT2D eigenvalue weighted by Crippen LogP contribution is 2.20. The van der Waals surface area contributed by atoms with Crippen LogP contribution in [0.25, 0.3) is 0 Å².